The minimum absolute atomic E-state index is 0.136. The first-order valence-electron chi connectivity index (χ1n) is 13.1. The van der Waals surface area contributed by atoms with Crippen molar-refractivity contribution in [2.75, 3.05) is 0 Å². The van der Waals surface area contributed by atoms with Crippen molar-refractivity contribution in [3.8, 4) is 17.1 Å². The number of carbonyl (C=O) groups excluding carboxylic acids is 2. The third-order valence-corrected chi connectivity index (χ3v) is 7.57. The van der Waals surface area contributed by atoms with Crippen LogP contribution in [-0.4, -0.2) is 21.1 Å². The molecule has 0 spiro atoms. The third kappa shape index (κ3) is 3.31. The monoisotopic (exact) mass is 516 g/mol. The van der Waals surface area contributed by atoms with Crippen LogP contribution in [0.2, 0.25) is 0 Å². The van der Waals surface area contributed by atoms with Crippen LogP contribution in [0.25, 0.3) is 56.0 Å². The number of oxazole rings is 1. The molecule has 0 saturated heterocycles. The van der Waals surface area contributed by atoms with Crippen molar-refractivity contribution in [3.05, 3.63) is 138 Å². The number of fused-ring (bicyclic) bond motifs is 4. The SMILES string of the molecule is O=C1C(=Cc2cc3oc(-c4cccc5ccccc45)nc3n2-c2ccccc2)C(=O)c2cc3ccccc3cc21. The van der Waals surface area contributed by atoms with Crippen molar-refractivity contribution in [3.63, 3.8) is 0 Å². The fourth-order valence-electron chi connectivity index (χ4n) is 5.67. The summed E-state index contributed by atoms with van der Waals surface area (Å²) in [5.74, 6) is -0.0297. The minimum atomic E-state index is -0.271. The highest BCUT2D eigenvalue weighted by Crippen LogP contribution is 2.36. The van der Waals surface area contributed by atoms with E-state index < -0.39 is 0 Å². The summed E-state index contributed by atoms with van der Waals surface area (Å²) < 4.78 is 8.24. The summed E-state index contributed by atoms with van der Waals surface area (Å²) in [4.78, 5) is 31.9. The van der Waals surface area contributed by atoms with Crippen molar-refractivity contribution >= 4 is 50.4 Å². The fourth-order valence-corrected chi connectivity index (χ4v) is 5.67. The van der Waals surface area contributed by atoms with Crippen LogP contribution in [0.15, 0.2) is 125 Å². The van der Waals surface area contributed by atoms with E-state index in [1.807, 2.05) is 102 Å². The van der Waals surface area contributed by atoms with Crippen molar-refractivity contribution in [1.29, 1.82) is 0 Å². The van der Waals surface area contributed by atoms with Crippen LogP contribution in [0.4, 0.5) is 0 Å². The van der Waals surface area contributed by atoms with Crippen LogP contribution < -0.4 is 0 Å². The van der Waals surface area contributed by atoms with Crippen LogP contribution >= 0.6 is 0 Å². The number of carbonyl (C=O) groups is 2. The third-order valence-electron chi connectivity index (χ3n) is 7.57. The van der Waals surface area contributed by atoms with Gasteiger partial charge in [0.05, 0.1) is 11.3 Å². The molecule has 1 aliphatic carbocycles. The quantitative estimate of drug-likeness (QED) is 0.176. The number of Topliss-reactive ketones (excluding diaryl/α,β-unsaturated/α-hetero) is 2. The summed E-state index contributed by atoms with van der Waals surface area (Å²) in [6.45, 7) is 0. The molecule has 7 aromatic rings. The summed E-state index contributed by atoms with van der Waals surface area (Å²) >= 11 is 0. The van der Waals surface area contributed by atoms with E-state index in [4.69, 9.17) is 9.40 Å². The fraction of sp³-hybridized carbons (Fsp3) is 0. The predicted molar refractivity (Wildman–Crippen MR) is 157 cm³/mol. The Morgan fingerprint density at radius 3 is 1.98 bits per heavy atom. The topological polar surface area (TPSA) is 65.1 Å². The number of benzene rings is 5. The molecule has 0 aliphatic heterocycles. The Morgan fingerprint density at radius 2 is 1.25 bits per heavy atom. The molecule has 188 valence electrons. The van der Waals surface area contributed by atoms with Crippen molar-refractivity contribution in [2.45, 2.75) is 0 Å². The molecule has 0 fully saturated rings. The number of para-hydroxylation sites is 1. The first kappa shape index (κ1) is 22.4. The van der Waals surface area contributed by atoms with Gasteiger partial charge in [-0.15, -0.1) is 0 Å². The number of hydrogen-bond acceptors (Lipinski definition) is 4. The molecule has 0 N–H and O–H groups in total. The highest BCUT2D eigenvalue weighted by Gasteiger charge is 2.34. The lowest BCUT2D eigenvalue weighted by Gasteiger charge is -2.07. The number of ketones is 2. The molecule has 5 aromatic carbocycles. The van der Waals surface area contributed by atoms with Crippen LogP contribution in [0, 0.1) is 0 Å². The molecule has 0 amide bonds. The molecule has 0 unspecified atom stereocenters. The van der Waals surface area contributed by atoms with E-state index in [2.05, 4.69) is 18.2 Å². The van der Waals surface area contributed by atoms with E-state index in [0.717, 1.165) is 32.8 Å². The van der Waals surface area contributed by atoms with E-state index in [-0.39, 0.29) is 17.1 Å². The van der Waals surface area contributed by atoms with Crippen molar-refractivity contribution in [2.24, 2.45) is 0 Å². The minimum Gasteiger partial charge on any atom is -0.434 e. The van der Waals surface area contributed by atoms with Crippen molar-refractivity contribution < 1.29 is 14.0 Å². The molecule has 0 atom stereocenters. The maximum atomic E-state index is 13.5. The zero-order valence-electron chi connectivity index (χ0n) is 21.2. The lowest BCUT2D eigenvalue weighted by Crippen LogP contribution is -2.03. The predicted octanol–water partition coefficient (Wildman–Crippen LogP) is 8.05. The van der Waals surface area contributed by atoms with E-state index in [1.165, 1.54) is 0 Å². The Balaban J connectivity index is 1.31. The van der Waals surface area contributed by atoms with Gasteiger partial charge in [0.15, 0.2) is 22.8 Å². The van der Waals surface area contributed by atoms with Gasteiger partial charge in [-0.25, -0.2) is 0 Å². The smallest absolute Gasteiger partial charge is 0.229 e. The van der Waals surface area contributed by atoms with E-state index in [9.17, 15) is 9.59 Å². The first-order valence-corrected chi connectivity index (χ1v) is 13.1. The summed E-state index contributed by atoms with van der Waals surface area (Å²) in [5, 5.41) is 4.01. The average molecular weight is 517 g/mol. The van der Waals surface area contributed by atoms with Gasteiger partial charge in [0, 0.05) is 28.4 Å². The number of aromatic nitrogens is 2. The Morgan fingerprint density at radius 1 is 0.625 bits per heavy atom. The second-order valence-electron chi connectivity index (χ2n) is 9.93. The molecule has 2 aromatic heterocycles. The Labute approximate surface area is 228 Å². The largest absolute Gasteiger partial charge is 0.434 e. The molecule has 0 radical (unpaired) electrons. The van der Waals surface area contributed by atoms with E-state index in [1.54, 1.807) is 6.08 Å². The second-order valence-corrected chi connectivity index (χ2v) is 9.93. The summed E-state index contributed by atoms with van der Waals surface area (Å²) in [6, 6.07) is 37.1. The summed E-state index contributed by atoms with van der Waals surface area (Å²) in [6.07, 6.45) is 1.66. The molecule has 8 rings (SSSR count). The van der Waals surface area contributed by atoms with Gasteiger partial charge in [0.2, 0.25) is 5.89 Å². The van der Waals surface area contributed by atoms with Crippen LogP contribution in [-0.2, 0) is 0 Å². The van der Waals surface area contributed by atoms with Crippen LogP contribution in [0.1, 0.15) is 26.4 Å². The van der Waals surface area contributed by atoms with Crippen molar-refractivity contribution in [1.82, 2.24) is 9.55 Å². The van der Waals surface area contributed by atoms with Gasteiger partial charge >= 0.3 is 0 Å². The molecular formula is C35H20N2O3. The van der Waals surface area contributed by atoms with Gasteiger partial charge < -0.3 is 4.42 Å². The molecule has 0 saturated carbocycles. The summed E-state index contributed by atoms with van der Waals surface area (Å²) in [5.41, 5.74) is 4.59. The maximum absolute atomic E-state index is 13.5. The highest BCUT2D eigenvalue weighted by molar-refractivity contribution is 6.42. The van der Waals surface area contributed by atoms with Gasteiger partial charge in [-0.05, 0) is 58.0 Å². The zero-order valence-corrected chi connectivity index (χ0v) is 21.2. The standard InChI is InChI=1S/C35H20N2O3/c38-32-28-17-22-10-4-5-11-23(22)18-29(28)33(39)30(32)19-25-20-31-34(37(25)24-13-2-1-3-14-24)36-35(40-31)27-16-8-12-21-9-6-7-15-26(21)27/h1-20H. The summed E-state index contributed by atoms with van der Waals surface area (Å²) in [7, 11) is 0. The average Bonchev–Trinajstić information content (AvgIpc) is 3.62. The van der Waals surface area contributed by atoms with E-state index >= 15 is 0 Å². The zero-order chi connectivity index (χ0) is 26.8. The first-order chi connectivity index (χ1) is 19.7. The number of allylic oxidation sites excluding steroid dienone is 1. The van der Waals surface area contributed by atoms with Gasteiger partial charge in [-0.1, -0.05) is 78.9 Å². The molecule has 5 heteroatoms. The molecule has 40 heavy (non-hydrogen) atoms. The second kappa shape index (κ2) is 8.48. The lowest BCUT2D eigenvalue weighted by molar-refractivity contribution is 0.0990. The van der Waals surface area contributed by atoms with Gasteiger partial charge in [0.1, 0.15) is 0 Å². The van der Waals surface area contributed by atoms with Crippen LogP contribution in [0.3, 0.4) is 0 Å². The number of rotatable bonds is 3. The molecule has 5 nitrogen and oxygen atoms in total. The Hall–Kier alpha value is -5.55. The van der Waals surface area contributed by atoms with Gasteiger partial charge in [-0.3, -0.25) is 14.2 Å². The molecular weight excluding hydrogens is 496 g/mol. The number of hydrogen-bond donors (Lipinski definition) is 0. The highest BCUT2D eigenvalue weighted by atomic mass is 16.3. The van der Waals surface area contributed by atoms with Gasteiger partial charge in [0.25, 0.3) is 0 Å². The maximum Gasteiger partial charge on any atom is 0.229 e. The molecule has 0 bridgehead atoms. The van der Waals surface area contributed by atoms with Gasteiger partial charge in [-0.2, -0.15) is 4.98 Å². The van der Waals surface area contributed by atoms with E-state index in [0.29, 0.717) is 33.9 Å². The molecule has 2 heterocycles. The lowest BCUT2D eigenvalue weighted by atomic mass is 10.0. The Bertz CT molecular complexity index is 2140. The molecule has 1 aliphatic rings. The van der Waals surface area contributed by atoms with Crippen LogP contribution in [0.5, 0.6) is 0 Å². The number of nitrogens with zero attached hydrogens (tertiary/aromatic N) is 2. The normalized spacial score (nSPS) is 13.1. The Kier molecular flexibility index (Phi) is 4.76.